The summed E-state index contributed by atoms with van der Waals surface area (Å²) in [5, 5.41) is 36.2. The monoisotopic (exact) mass is 208 g/mol. The number of carboxylic acid groups (broad SMARTS) is 1. The Hall–Kier alpha value is -0.730. The van der Waals surface area contributed by atoms with Crippen LogP contribution in [0.25, 0.3) is 0 Å². The number of carbonyl (C=O) groups is 1. The molecule has 5 atom stereocenters. The van der Waals surface area contributed by atoms with Gasteiger partial charge >= 0.3 is 5.97 Å². The predicted molar refractivity (Wildman–Crippen MR) is 41.3 cm³/mol. The third-order valence-electron chi connectivity index (χ3n) is 2.08. The summed E-state index contributed by atoms with van der Waals surface area (Å²) in [5.74, 6) is -1.37. The molecular formula is C7H12O7. The van der Waals surface area contributed by atoms with Gasteiger partial charge in [0.2, 0.25) is 0 Å². The summed E-state index contributed by atoms with van der Waals surface area (Å²) >= 11 is 0. The van der Waals surface area contributed by atoms with E-state index in [1.54, 1.807) is 0 Å². The summed E-state index contributed by atoms with van der Waals surface area (Å²) in [6, 6.07) is 0. The Kier molecular flexibility index (Phi) is 3.40. The van der Waals surface area contributed by atoms with Crippen LogP contribution in [0.15, 0.2) is 0 Å². The minimum atomic E-state index is -1.72. The van der Waals surface area contributed by atoms with Crippen molar-refractivity contribution in [2.75, 3.05) is 7.11 Å². The van der Waals surface area contributed by atoms with Crippen LogP contribution in [0, 0.1) is 0 Å². The predicted octanol–water partition coefficient (Wildman–Crippen LogP) is -2.47. The number of hydrogen-bond donors (Lipinski definition) is 4. The molecule has 4 N–H and O–H groups in total. The zero-order valence-corrected chi connectivity index (χ0v) is 7.40. The number of hydrogen-bond acceptors (Lipinski definition) is 6. The van der Waals surface area contributed by atoms with Crippen molar-refractivity contribution < 1.29 is 34.7 Å². The number of ether oxygens (including phenoxy) is 2. The lowest BCUT2D eigenvalue weighted by Crippen LogP contribution is -2.60. The standard InChI is InChI=1S/C7H12O7/c1-13-4-2(8)3(9)7(12)14-5(4)6(10)11/h2-5,7-9,12H,1H3,(H,10,11)/t2-,3-,4+,5-,7-/m1/s1. The molecule has 7 heteroatoms. The molecule has 82 valence electrons. The van der Waals surface area contributed by atoms with E-state index in [-0.39, 0.29) is 0 Å². The summed E-state index contributed by atoms with van der Waals surface area (Å²) < 4.78 is 9.22. The molecule has 0 aliphatic carbocycles. The Morgan fingerprint density at radius 3 is 2.29 bits per heavy atom. The second-order valence-electron chi connectivity index (χ2n) is 2.97. The van der Waals surface area contributed by atoms with Gasteiger partial charge in [0.25, 0.3) is 0 Å². The molecule has 0 amide bonds. The van der Waals surface area contributed by atoms with Crippen LogP contribution in [0.3, 0.4) is 0 Å². The van der Waals surface area contributed by atoms with E-state index in [9.17, 15) is 9.90 Å². The first-order valence-electron chi connectivity index (χ1n) is 3.94. The van der Waals surface area contributed by atoms with E-state index in [0.717, 1.165) is 0 Å². The maximum absolute atomic E-state index is 10.6. The van der Waals surface area contributed by atoms with Crippen molar-refractivity contribution in [3.63, 3.8) is 0 Å². The average Bonchev–Trinajstić information content (AvgIpc) is 2.13. The first-order valence-corrected chi connectivity index (χ1v) is 3.94. The first kappa shape index (κ1) is 11.3. The van der Waals surface area contributed by atoms with Crippen molar-refractivity contribution in [3.8, 4) is 0 Å². The third kappa shape index (κ3) is 1.86. The van der Waals surface area contributed by atoms with Gasteiger partial charge in [-0.1, -0.05) is 0 Å². The number of rotatable bonds is 2. The Morgan fingerprint density at radius 2 is 1.86 bits per heavy atom. The molecule has 0 unspecified atom stereocenters. The Balaban J connectivity index is 2.82. The lowest BCUT2D eigenvalue weighted by Gasteiger charge is -2.37. The summed E-state index contributed by atoms with van der Waals surface area (Å²) in [7, 11) is 1.18. The molecule has 1 heterocycles. The molecule has 7 nitrogen and oxygen atoms in total. The van der Waals surface area contributed by atoms with Crippen LogP contribution >= 0.6 is 0 Å². The molecule has 0 bridgehead atoms. The molecule has 14 heavy (non-hydrogen) atoms. The van der Waals surface area contributed by atoms with Crippen LogP contribution in [0.1, 0.15) is 0 Å². The van der Waals surface area contributed by atoms with Gasteiger partial charge in [-0.25, -0.2) is 4.79 Å². The van der Waals surface area contributed by atoms with Gasteiger partial charge in [0.05, 0.1) is 0 Å². The number of aliphatic hydroxyl groups excluding tert-OH is 3. The molecule has 1 aliphatic rings. The van der Waals surface area contributed by atoms with Crippen LogP contribution in [0.4, 0.5) is 0 Å². The highest BCUT2D eigenvalue weighted by Crippen LogP contribution is 2.21. The second kappa shape index (κ2) is 4.20. The van der Waals surface area contributed by atoms with Crippen molar-refractivity contribution in [3.05, 3.63) is 0 Å². The van der Waals surface area contributed by atoms with E-state index in [2.05, 4.69) is 9.47 Å². The van der Waals surface area contributed by atoms with E-state index in [0.29, 0.717) is 0 Å². The summed E-state index contributed by atoms with van der Waals surface area (Å²) in [4.78, 5) is 10.6. The molecule has 1 fully saturated rings. The van der Waals surface area contributed by atoms with Crippen LogP contribution in [-0.2, 0) is 14.3 Å². The molecule has 1 aliphatic heterocycles. The molecule has 0 saturated carbocycles. The molecule has 1 saturated heterocycles. The third-order valence-corrected chi connectivity index (χ3v) is 2.08. The summed E-state index contributed by atoms with van der Waals surface area (Å²) in [5.41, 5.74) is 0. The Labute approximate surface area is 79.5 Å². The fourth-order valence-corrected chi connectivity index (χ4v) is 1.31. The summed E-state index contributed by atoms with van der Waals surface area (Å²) in [6.07, 6.45) is -7.49. The van der Waals surface area contributed by atoms with Crippen molar-refractivity contribution in [2.24, 2.45) is 0 Å². The van der Waals surface area contributed by atoms with Gasteiger partial charge in [-0.2, -0.15) is 0 Å². The maximum atomic E-state index is 10.6. The average molecular weight is 208 g/mol. The zero-order chi connectivity index (χ0) is 10.9. The molecule has 0 spiro atoms. The van der Waals surface area contributed by atoms with Gasteiger partial charge in [0, 0.05) is 7.11 Å². The fraction of sp³-hybridized carbons (Fsp3) is 0.857. The smallest absolute Gasteiger partial charge is 0.335 e. The molecule has 0 aromatic rings. The lowest BCUT2D eigenvalue weighted by atomic mass is 9.99. The Bertz CT molecular complexity index is 218. The van der Waals surface area contributed by atoms with Crippen molar-refractivity contribution in [1.82, 2.24) is 0 Å². The number of carboxylic acids is 1. The second-order valence-corrected chi connectivity index (χ2v) is 2.97. The van der Waals surface area contributed by atoms with Crippen molar-refractivity contribution >= 4 is 5.97 Å². The molecular weight excluding hydrogens is 196 g/mol. The fourth-order valence-electron chi connectivity index (χ4n) is 1.31. The van der Waals surface area contributed by atoms with E-state index >= 15 is 0 Å². The van der Waals surface area contributed by atoms with Crippen LogP contribution in [0.2, 0.25) is 0 Å². The van der Waals surface area contributed by atoms with E-state index in [1.807, 2.05) is 0 Å². The van der Waals surface area contributed by atoms with Gasteiger partial charge in [-0.3, -0.25) is 0 Å². The highest BCUT2D eigenvalue weighted by molar-refractivity contribution is 5.73. The van der Waals surface area contributed by atoms with Crippen LogP contribution in [0.5, 0.6) is 0 Å². The van der Waals surface area contributed by atoms with Gasteiger partial charge in [0.15, 0.2) is 12.4 Å². The maximum Gasteiger partial charge on any atom is 0.335 e. The van der Waals surface area contributed by atoms with Gasteiger partial charge in [0.1, 0.15) is 18.3 Å². The van der Waals surface area contributed by atoms with Gasteiger partial charge in [-0.15, -0.1) is 0 Å². The molecule has 0 aromatic carbocycles. The first-order chi connectivity index (χ1) is 6.49. The number of aliphatic carboxylic acids is 1. The van der Waals surface area contributed by atoms with Crippen molar-refractivity contribution in [1.29, 1.82) is 0 Å². The molecule has 0 aromatic heterocycles. The van der Waals surface area contributed by atoms with Gasteiger partial charge in [-0.05, 0) is 0 Å². The lowest BCUT2D eigenvalue weighted by molar-refractivity contribution is -0.283. The van der Waals surface area contributed by atoms with Crippen LogP contribution in [-0.4, -0.2) is 64.2 Å². The minimum Gasteiger partial charge on any atom is -0.479 e. The van der Waals surface area contributed by atoms with Crippen LogP contribution < -0.4 is 0 Å². The summed E-state index contributed by atoms with van der Waals surface area (Å²) in [6.45, 7) is 0. The largest absolute Gasteiger partial charge is 0.479 e. The zero-order valence-electron chi connectivity index (χ0n) is 7.40. The number of methoxy groups -OCH3 is 1. The molecule has 1 rings (SSSR count). The Morgan fingerprint density at radius 1 is 1.29 bits per heavy atom. The van der Waals surface area contributed by atoms with Crippen molar-refractivity contribution in [2.45, 2.75) is 30.7 Å². The highest BCUT2D eigenvalue weighted by Gasteiger charge is 2.47. The minimum absolute atomic E-state index is 1.18. The van der Waals surface area contributed by atoms with E-state index < -0.39 is 36.7 Å². The van der Waals surface area contributed by atoms with E-state index in [4.69, 9.17) is 15.3 Å². The van der Waals surface area contributed by atoms with Gasteiger partial charge < -0.3 is 29.9 Å². The number of aliphatic hydroxyl groups is 3. The quantitative estimate of drug-likeness (QED) is 0.397. The normalized spacial score (nSPS) is 43.6. The van der Waals surface area contributed by atoms with E-state index in [1.165, 1.54) is 7.11 Å². The highest BCUT2D eigenvalue weighted by atomic mass is 16.7. The SMILES string of the molecule is CO[C@H]1[C@H](O)[C@@H](O)[C@H](O)O[C@H]1C(=O)O. The topological polar surface area (TPSA) is 116 Å². The molecule has 0 radical (unpaired) electrons.